The molecule has 2 aromatic rings. The van der Waals surface area contributed by atoms with Crippen LogP contribution in [-0.2, 0) is 19.4 Å². The van der Waals surface area contributed by atoms with Crippen molar-refractivity contribution in [3.05, 3.63) is 59.9 Å². The molecule has 24 heavy (non-hydrogen) atoms. The van der Waals surface area contributed by atoms with Crippen LogP contribution < -0.4 is 5.32 Å². The third-order valence-corrected chi connectivity index (χ3v) is 4.13. The maximum Gasteiger partial charge on any atom is 0.338 e. The molecular formula is C16H14FNO5S. The normalized spacial score (nSPS) is 10.9. The van der Waals surface area contributed by atoms with Gasteiger partial charge in [0, 0.05) is 6.26 Å². The zero-order valence-corrected chi connectivity index (χ0v) is 13.5. The standard InChI is InChI=1S/C16H14FNO5S/c1-24(21,22)12-8-6-11(7-9-12)16(20)23-10-15(19)18-14-5-3-2-4-13(14)17/h2-9H,10H2,1H3,(H,18,19). The maximum absolute atomic E-state index is 13.4. The van der Waals surface area contributed by atoms with E-state index in [0.717, 1.165) is 6.26 Å². The summed E-state index contributed by atoms with van der Waals surface area (Å²) in [5.74, 6) is -2.09. The highest BCUT2D eigenvalue weighted by Gasteiger charge is 2.13. The van der Waals surface area contributed by atoms with Crippen molar-refractivity contribution in [2.45, 2.75) is 4.90 Å². The van der Waals surface area contributed by atoms with Gasteiger partial charge in [0.25, 0.3) is 5.91 Å². The molecule has 8 heteroatoms. The van der Waals surface area contributed by atoms with Crippen LogP contribution in [0.15, 0.2) is 53.4 Å². The first kappa shape index (κ1) is 17.6. The maximum atomic E-state index is 13.4. The van der Waals surface area contributed by atoms with Crippen LogP contribution in [0.2, 0.25) is 0 Å². The van der Waals surface area contributed by atoms with Crippen molar-refractivity contribution < 1.29 is 27.1 Å². The second-order valence-electron chi connectivity index (χ2n) is 4.90. The van der Waals surface area contributed by atoms with Gasteiger partial charge in [0.15, 0.2) is 16.4 Å². The number of para-hydroxylation sites is 1. The number of benzene rings is 2. The first-order valence-electron chi connectivity index (χ1n) is 6.79. The molecule has 0 spiro atoms. The van der Waals surface area contributed by atoms with Crippen LogP contribution in [0.1, 0.15) is 10.4 Å². The average molecular weight is 351 g/mol. The summed E-state index contributed by atoms with van der Waals surface area (Å²) >= 11 is 0. The van der Waals surface area contributed by atoms with Crippen LogP contribution >= 0.6 is 0 Å². The molecule has 0 unspecified atom stereocenters. The lowest BCUT2D eigenvalue weighted by atomic mass is 10.2. The zero-order valence-electron chi connectivity index (χ0n) is 12.7. The van der Waals surface area contributed by atoms with Crippen LogP contribution in [0.3, 0.4) is 0 Å². The van der Waals surface area contributed by atoms with Gasteiger partial charge in [-0.1, -0.05) is 12.1 Å². The highest BCUT2D eigenvalue weighted by atomic mass is 32.2. The van der Waals surface area contributed by atoms with Crippen molar-refractivity contribution >= 4 is 27.4 Å². The van der Waals surface area contributed by atoms with Crippen molar-refractivity contribution in [2.24, 2.45) is 0 Å². The van der Waals surface area contributed by atoms with Crippen molar-refractivity contribution in [3.63, 3.8) is 0 Å². The van der Waals surface area contributed by atoms with E-state index >= 15 is 0 Å². The second kappa shape index (κ2) is 7.22. The van der Waals surface area contributed by atoms with Crippen molar-refractivity contribution in [3.8, 4) is 0 Å². The van der Waals surface area contributed by atoms with Crippen LogP contribution in [0.25, 0.3) is 0 Å². The molecule has 1 N–H and O–H groups in total. The molecule has 0 radical (unpaired) electrons. The fourth-order valence-corrected chi connectivity index (χ4v) is 2.43. The number of halogens is 1. The van der Waals surface area contributed by atoms with Crippen LogP contribution in [0.5, 0.6) is 0 Å². The number of hydrogen-bond donors (Lipinski definition) is 1. The van der Waals surface area contributed by atoms with Crippen LogP contribution in [0.4, 0.5) is 10.1 Å². The third-order valence-electron chi connectivity index (χ3n) is 3.00. The van der Waals surface area contributed by atoms with Crippen molar-refractivity contribution in [1.82, 2.24) is 0 Å². The molecule has 0 saturated carbocycles. The Labute approximate surface area is 138 Å². The fourth-order valence-electron chi connectivity index (χ4n) is 1.80. The number of nitrogens with one attached hydrogen (secondary N) is 1. The second-order valence-corrected chi connectivity index (χ2v) is 6.92. The minimum atomic E-state index is -3.36. The molecule has 0 saturated heterocycles. The van der Waals surface area contributed by atoms with E-state index in [0.29, 0.717) is 0 Å². The van der Waals surface area contributed by atoms with E-state index in [4.69, 9.17) is 4.74 Å². The van der Waals surface area contributed by atoms with Gasteiger partial charge in [0.05, 0.1) is 16.1 Å². The molecular weight excluding hydrogens is 337 g/mol. The molecule has 126 valence electrons. The Kier molecular flexibility index (Phi) is 5.30. The number of amides is 1. The lowest BCUT2D eigenvalue weighted by Crippen LogP contribution is -2.21. The molecule has 0 fully saturated rings. The smallest absolute Gasteiger partial charge is 0.338 e. The predicted molar refractivity (Wildman–Crippen MR) is 84.9 cm³/mol. The van der Waals surface area contributed by atoms with Gasteiger partial charge in [-0.05, 0) is 36.4 Å². The Morgan fingerprint density at radius 1 is 1.08 bits per heavy atom. The van der Waals surface area contributed by atoms with E-state index < -0.39 is 34.1 Å². The minimum Gasteiger partial charge on any atom is -0.452 e. The lowest BCUT2D eigenvalue weighted by molar-refractivity contribution is -0.119. The summed E-state index contributed by atoms with van der Waals surface area (Å²) in [4.78, 5) is 23.5. The SMILES string of the molecule is CS(=O)(=O)c1ccc(C(=O)OCC(=O)Nc2ccccc2F)cc1. The van der Waals surface area contributed by atoms with Gasteiger partial charge < -0.3 is 10.1 Å². The highest BCUT2D eigenvalue weighted by molar-refractivity contribution is 7.90. The Bertz CT molecular complexity index is 862. The summed E-state index contributed by atoms with van der Waals surface area (Å²) < 4.78 is 40.8. The third kappa shape index (κ3) is 4.63. The van der Waals surface area contributed by atoms with E-state index in [9.17, 15) is 22.4 Å². The molecule has 0 bridgehead atoms. The fraction of sp³-hybridized carbons (Fsp3) is 0.125. The quantitative estimate of drug-likeness (QED) is 0.833. The van der Waals surface area contributed by atoms with Gasteiger partial charge in [-0.2, -0.15) is 0 Å². The molecule has 0 aliphatic rings. The van der Waals surface area contributed by atoms with E-state index in [-0.39, 0.29) is 16.1 Å². The molecule has 0 aliphatic carbocycles. The van der Waals surface area contributed by atoms with Gasteiger partial charge in [0.1, 0.15) is 5.82 Å². The number of carbonyl (C=O) groups excluding carboxylic acids is 2. The Morgan fingerprint density at radius 2 is 1.71 bits per heavy atom. The molecule has 0 aromatic heterocycles. The van der Waals surface area contributed by atoms with E-state index in [1.807, 2.05) is 0 Å². The highest BCUT2D eigenvalue weighted by Crippen LogP contribution is 2.13. The zero-order chi connectivity index (χ0) is 17.7. The first-order chi connectivity index (χ1) is 11.3. The summed E-state index contributed by atoms with van der Waals surface area (Å²) in [7, 11) is -3.36. The van der Waals surface area contributed by atoms with Crippen LogP contribution in [0, 0.1) is 5.82 Å². The van der Waals surface area contributed by atoms with Crippen molar-refractivity contribution in [1.29, 1.82) is 0 Å². The molecule has 2 rings (SSSR count). The predicted octanol–water partition coefficient (Wildman–Crippen LogP) is 2.02. The monoisotopic (exact) mass is 351 g/mol. The number of sulfone groups is 1. The molecule has 0 aliphatic heterocycles. The summed E-state index contributed by atoms with van der Waals surface area (Å²) in [6, 6.07) is 10.7. The largest absolute Gasteiger partial charge is 0.452 e. The van der Waals surface area contributed by atoms with Crippen LogP contribution in [-0.4, -0.2) is 33.2 Å². The number of anilines is 1. The van der Waals surface area contributed by atoms with Crippen molar-refractivity contribution in [2.75, 3.05) is 18.2 Å². The van der Waals surface area contributed by atoms with E-state index in [1.54, 1.807) is 6.07 Å². The number of ether oxygens (including phenoxy) is 1. The Hall–Kier alpha value is -2.74. The van der Waals surface area contributed by atoms with Gasteiger partial charge >= 0.3 is 5.97 Å². The Morgan fingerprint density at radius 3 is 2.29 bits per heavy atom. The van der Waals surface area contributed by atoms with Gasteiger partial charge in [-0.15, -0.1) is 0 Å². The Balaban J connectivity index is 1.93. The molecule has 2 aromatic carbocycles. The molecule has 0 heterocycles. The number of hydrogen-bond acceptors (Lipinski definition) is 5. The van der Waals surface area contributed by atoms with E-state index in [1.165, 1.54) is 42.5 Å². The molecule has 6 nitrogen and oxygen atoms in total. The number of carbonyl (C=O) groups is 2. The minimum absolute atomic E-state index is 0.0175. The lowest BCUT2D eigenvalue weighted by Gasteiger charge is -2.07. The van der Waals surface area contributed by atoms with E-state index in [2.05, 4.69) is 5.32 Å². The topological polar surface area (TPSA) is 89.5 Å². The molecule has 0 atom stereocenters. The van der Waals surface area contributed by atoms with Gasteiger partial charge in [0.2, 0.25) is 0 Å². The molecule has 1 amide bonds. The summed E-state index contributed by atoms with van der Waals surface area (Å²) in [6.07, 6.45) is 1.05. The van der Waals surface area contributed by atoms with Gasteiger partial charge in [-0.25, -0.2) is 17.6 Å². The first-order valence-corrected chi connectivity index (χ1v) is 8.68. The number of rotatable bonds is 5. The number of esters is 1. The summed E-state index contributed by atoms with van der Waals surface area (Å²) in [6.45, 7) is -0.596. The summed E-state index contributed by atoms with van der Waals surface area (Å²) in [5, 5.41) is 2.28. The van der Waals surface area contributed by atoms with Gasteiger partial charge in [-0.3, -0.25) is 4.79 Å². The average Bonchev–Trinajstić information content (AvgIpc) is 2.54. The summed E-state index contributed by atoms with van der Waals surface area (Å²) in [5.41, 5.74) is 0.0807.